The van der Waals surface area contributed by atoms with Gasteiger partial charge in [0.2, 0.25) is 5.91 Å². The van der Waals surface area contributed by atoms with Crippen molar-refractivity contribution in [2.24, 2.45) is 5.73 Å². The first-order valence-electron chi connectivity index (χ1n) is 8.82. The molecule has 28 heavy (non-hydrogen) atoms. The van der Waals surface area contributed by atoms with Crippen LogP contribution in [0.3, 0.4) is 0 Å². The Bertz CT molecular complexity index is 1090. The standard InChI is InChI=1S/C21H20F2N2O3/c1-11(3-8-19(24)27)20-12(2)25(18-7-5-14(26)10-15(18)20)21(28)13-4-6-16(22)17(23)9-13/h4-7,9-11,26H,3,8H2,1-2H3,(H2,24,27)/t11-/m0/s1. The molecule has 7 heteroatoms. The molecule has 0 aliphatic carbocycles. The molecule has 3 rings (SSSR count). The Morgan fingerprint density at radius 3 is 2.50 bits per heavy atom. The Kier molecular flexibility index (Phi) is 5.18. The van der Waals surface area contributed by atoms with Crippen molar-refractivity contribution in [1.29, 1.82) is 0 Å². The fourth-order valence-corrected chi connectivity index (χ4v) is 3.58. The molecule has 0 spiro atoms. The van der Waals surface area contributed by atoms with Gasteiger partial charge in [0.05, 0.1) is 5.52 Å². The molecule has 2 aromatic carbocycles. The lowest BCUT2D eigenvalue weighted by molar-refractivity contribution is -0.118. The zero-order valence-electron chi connectivity index (χ0n) is 15.5. The lowest BCUT2D eigenvalue weighted by Gasteiger charge is -2.12. The number of carbonyl (C=O) groups is 2. The van der Waals surface area contributed by atoms with E-state index in [-0.39, 0.29) is 23.7 Å². The first-order valence-corrected chi connectivity index (χ1v) is 8.82. The summed E-state index contributed by atoms with van der Waals surface area (Å²) in [5.74, 6) is -3.15. The van der Waals surface area contributed by atoms with E-state index < -0.39 is 23.4 Å². The molecule has 0 aliphatic heterocycles. The van der Waals surface area contributed by atoms with E-state index in [9.17, 15) is 23.5 Å². The number of nitrogens with two attached hydrogens (primary N) is 1. The highest BCUT2D eigenvalue weighted by molar-refractivity contribution is 6.04. The number of rotatable bonds is 5. The number of aromatic nitrogens is 1. The molecule has 5 nitrogen and oxygen atoms in total. The van der Waals surface area contributed by atoms with Crippen LogP contribution in [0.2, 0.25) is 0 Å². The highest BCUT2D eigenvalue weighted by Gasteiger charge is 2.24. The number of carbonyl (C=O) groups excluding carboxylic acids is 2. The van der Waals surface area contributed by atoms with Gasteiger partial charge in [-0.15, -0.1) is 0 Å². The average Bonchev–Trinajstić information content (AvgIpc) is 2.92. The number of hydrogen-bond donors (Lipinski definition) is 2. The van der Waals surface area contributed by atoms with Crippen molar-refractivity contribution in [2.75, 3.05) is 0 Å². The van der Waals surface area contributed by atoms with E-state index in [4.69, 9.17) is 5.73 Å². The second kappa shape index (κ2) is 7.42. The van der Waals surface area contributed by atoms with Crippen molar-refractivity contribution in [3.63, 3.8) is 0 Å². The molecule has 1 heterocycles. The number of halogens is 2. The molecule has 1 aromatic heterocycles. The summed E-state index contributed by atoms with van der Waals surface area (Å²) in [5.41, 5.74) is 7.18. The predicted octanol–water partition coefficient (Wildman–Crippen LogP) is 3.99. The van der Waals surface area contributed by atoms with Crippen LogP contribution in [0.5, 0.6) is 5.75 Å². The van der Waals surface area contributed by atoms with Gasteiger partial charge in [0.1, 0.15) is 5.75 Å². The molecule has 0 saturated carbocycles. The molecule has 0 bridgehead atoms. The van der Waals surface area contributed by atoms with E-state index in [1.54, 1.807) is 19.1 Å². The summed E-state index contributed by atoms with van der Waals surface area (Å²) in [6.45, 7) is 3.64. The van der Waals surface area contributed by atoms with Crippen LogP contribution in [0.25, 0.3) is 10.9 Å². The summed E-state index contributed by atoms with van der Waals surface area (Å²) in [7, 11) is 0. The highest BCUT2D eigenvalue weighted by Crippen LogP contribution is 2.36. The molecule has 0 aliphatic rings. The summed E-state index contributed by atoms with van der Waals surface area (Å²) in [6, 6.07) is 7.59. The quantitative estimate of drug-likeness (QED) is 0.695. The molecule has 3 aromatic rings. The minimum Gasteiger partial charge on any atom is -0.508 e. The summed E-state index contributed by atoms with van der Waals surface area (Å²) in [4.78, 5) is 24.2. The first kappa shape index (κ1) is 19.5. The van der Waals surface area contributed by atoms with Crippen LogP contribution in [0.4, 0.5) is 8.78 Å². The minimum atomic E-state index is -1.10. The Balaban J connectivity index is 2.17. The number of primary amides is 1. The summed E-state index contributed by atoms with van der Waals surface area (Å²) in [5, 5.41) is 10.6. The summed E-state index contributed by atoms with van der Waals surface area (Å²) >= 11 is 0. The normalized spacial score (nSPS) is 12.3. The number of hydrogen-bond acceptors (Lipinski definition) is 3. The van der Waals surface area contributed by atoms with Gasteiger partial charge in [-0.05, 0) is 61.2 Å². The number of fused-ring (bicyclic) bond motifs is 1. The van der Waals surface area contributed by atoms with Gasteiger partial charge in [-0.1, -0.05) is 6.92 Å². The van der Waals surface area contributed by atoms with Crippen molar-refractivity contribution < 1.29 is 23.5 Å². The van der Waals surface area contributed by atoms with Gasteiger partial charge in [-0.3, -0.25) is 14.2 Å². The number of phenols is 1. The first-order chi connectivity index (χ1) is 13.2. The van der Waals surface area contributed by atoms with Crippen molar-refractivity contribution in [2.45, 2.75) is 32.6 Å². The maximum atomic E-state index is 13.6. The molecule has 0 unspecified atom stereocenters. The second-order valence-corrected chi connectivity index (χ2v) is 6.88. The monoisotopic (exact) mass is 386 g/mol. The Morgan fingerprint density at radius 1 is 1.14 bits per heavy atom. The van der Waals surface area contributed by atoms with E-state index in [0.717, 1.165) is 17.7 Å². The van der Waals surface area contributed by atoms with Crippen LogP contribution in [-0.4, -0.2) is 21.5 Å². The number of benzene rings is 2. The largest absolute Gasteiger partial charge is 0.508 e. The maximum Gasteiger partial charge on any atom is 0.262 e. The summed E-state index contributed by atoms with van der Waals surface area (Å²) < 4.78 is 28.3. The van der Waals surface area contributed by atoms with Crippen molar-refractivity contribution >= 4 is 22.7 Å². The molecule has 0 radical (unpaired) electrons. The van der Waals surface area contributed by atoms with Crippen molar-refractivity contribution in [1.82, 2.24) is 4.57 Å². The molecule has 146 valence electrons. The average molecular weight is 386 g/mol. The van der Waals surface area contributed by atoms with Gasteiger partial charge in [0.15, 0.2) is 11.6 Å². The topological polar surface area (TPSA) is 85.3 Å². The zero-order chi connectivity index (χ0) is 20.6. The van der Waals surface area contributed by atoms with E-state index in [0.29, 0.717) is 23.0 Å². The van der Waals surface area contributed by atoms with Crippen LogP contribution in [0, 0.1) is 18.6 Å². The highest BCUT2D eigenvalue weighted by atomic mass is 19.2. The molecule has 3 N–H and O–H groups in total. The predicted molar refractivity (Wildman–Crippen MR) is 101 cm³/mol. The minimum absolute atomic E-state index is 0.00307. The molecule has 1 atom stereocenters. The molecular formula is C21H20F2N2O3. The van der Waals surface area contributed by atoms with Crippen LogP contribution < -0.4 is 5.73 Å². The van der Waals surface area contributed by atoms with E-state index in [1.165, 1.54) is 16.7 Å². The van der Waals surface area contributed by atoms with Crippen LogP contribution in [0.15, 0.2) is 36.4 Å². The van der Waals surface area contributed by atoms with E-state index in [1.807, 2.05) is 6.92 Å². The van der Waals surface area contributed by atoms with Gasteiger partial charge in [-0.25, -0.2) is 8.78 Å². The Morgan fingerprint density at radius 2 is 1.86 bits per heavy atom. The Hall–Kier alpha value is -3.22. The third-order valence-electron chi connectivity index (χ3n) is 4.92. The molecule has 0 fully saturated rings. The Labute approximate surface area is 160 Å². The van der Waals surface area contributed by atoms with Crippen molar-refractivity contribution in [3.8, 4) is 5.75 Å². The lowest BCUT2D eigenvalue weighted by Crippen LogP contribution is -2.15. The molecule has 1 amide bonds. The van der Waals surface area contributed by atoms with Gasteiger partial charge in [-0.2, -0.15) is 0 Å². The zero-order valence-corrected chi connectivity index (χ0v) is 15.5. The SMILES string of the molecule is Cc1c([C@@H](C)CCC(N)=O)c2cc(O)ccc2n1C(=O)c1ccc(F)c(F)c1. The van der Waals surface area contributed by atoms with Gasteiger partial charge < -0.3 is 10.8 Å². The smallest absolute Gasteiger partial charge is 0.262 e. The number of amides is 1. The second-order valence-electron chi connectivity index (χ2n) is 6.88. The molecular weight excluding hydrogens is 366 g/mol. The fourth-order valence-electron chi connectivity index (χ4n) is 3.58. The lowest BCUT2D eigenvalue weighted by atomic mass is 9.93. The van der Waals surface area contributed by atoms with Gasteiger partial charge in [0.25, 0.3) is 5.91 Å². The van der Waals surface area contributed by atoms with Gasteiger partial charge >= 0.3 is 0 Å². The van der Waals surface area contributed by atoms with E-state index >= 15 is 0 Å². The van der Waals surface area contributed by atoms with Crippen LogP contribution >= 0.6 is 0 Å². The van der Waals surface area contributed by atoms with Crippen LogP contribution in [-0.2, 0) is 4.79 Å². The van der Waals surface area contributed by atoms with E-state index in [2.05, 4.69) is 0 Å². The third kappa shape index (κ3) is 3.47. The number of phenolic OH excluding ortho intramolecular Hbond substituents is 1. The van der Waals surface area contributed by atoms with Crippen LogP contribution in [0.1, 0.15) is 47.3 Å². The summed E-state index contributed by atoms with van der Waals surface area (Å²) in [6.07, 6.45) is 0.660. The third-order valence-corrected chi connectivity index (χ3v) is 4.92. The van der Waals surface area contributed by atoms with Gasteiger partial charge in [0, 0.05) is 23.1 Å². The number of aromatic hydroxyl groups is 1. The number of nitrogens with zero attached hydrogens (tertiary/aromatic N) is 1. The fraction of sp³-hybridized carbons (Fsp3) is 0.238. The molecule has 0 saturated heterocycles. The van der Waals surface area contributed by atoms with Crippen molar-refractivity contribution in [3.05, 3.63) is 64.9 Å². The maximum absolute atomic E-state index is 13.6.